The molecule has 6 atom stereocenters. The van der Waals surface area contributed by atoms with Crippen LogP contribution in [0.4, 0.5) is 0 Å². The first-order chi connectivity index (χ1) is 11.3. The molecule has 24 heavy (non-hydrogen) atoms. The highest BCUT2D eigenvalue weighted by atomic mass is 32.2. The fraction of sp³-hybridized carbons (Fsp3) is 0.842. The van der Waals surface area contributed by atoms with Crippen molar-refractivity contribution in [2.24, 2.45) is 22.7 Å². The van der Waals surface area contributed by atoms with E-state index in [9.17, 15) is 9.00 Å². The van der Waals surface area contributed by atoms with Gasteiger partial charge in [0.2, 0.25) is 0 Å². The Morgan fingerprint density at radius 3 is 2.46 bits per heavy atom. The van der Waals surface area contributed by atoms with E-state index in [1.165, 1.54) is 20.0 Å². The van der Waals surface area contributed by atoms with Crippen molar-refractivity contribution in [2.45, 2.75) is 64.2 Å². The number of methoxy groups -OCH3 is 2. The van der Waals surface area contributed by atoms with E-state index in [1.54, 1.807) is 7.11 Å². The van der Waals surface area contributed by atoms with Gasteiger partial charge in [0.1, 0.15) is 0 Å². The van der Waals surface area contributed by atoms with E-state index in [1.807, 2.05) is 6.08 Å². The van der Waals surface area contributed by atoms with Gasteiger partial charge < -0.3 is 9.47 Å². The van der Waals surface area contributed by atoms with E-state index in [4.69, 9.17) is 9.47 Å². The van der Waals surface area contributed by atoms with E-state index in [0.29, 0.717) is 18.8 Å². The molecule has 0 spiro atoms. The highest BCUT2D eigenvalue weighted by molar-refractivity contribution is 7.89. The van der Waals surface area contributed by atoms with Crippen LogP contribution >= 0.6 is 0 Å². The molecule has 0 N–H and O–H groups in total. The summed E-state index contributed by atoms with van der Waals surface area (Å²) in [5, 5.41) is 0.227. The van der Waals surface area contributed by atoms with Crippen molar-refractivity contribution >= 4 is 16.8 Å². The van der Waals surface area contributed by atoms with Gasteiger partial charge in [0.25, 0.3) is 0 Å². The third-order valence-electron chi connectivity index (χ3n) is 7.46. The summed E-state index contributed by atoms with van der Waals surface area (Å²) in [4.78, 5) is 12.9. The van der Waals surface area contributed by atoms with Crippen molar-refractivity contribution in [3.05, 3.63) is 11.0 Å². The van der Waals surface area contributed by atoms with Crippen molar-refractivity contribution in [1.29, 1.82) is 0 Å². The predicted molar refractivity (Wildman–Crippen MR) is 94.8 cm³/mol. The van der Waals surface area contributed by atoms with Gasteiger partial charge in [0, 0.05) is 17.3 Å². The fourth-order valence-corrected chi connectivity index (χ4v) is 7.54. The normalized spacial score (nSPS) is 41.8. The van der Waals surface area contributed by atoms with Crippen LogP contribution in [0, 0.1) is 22.7 Å². The second kappa shape index (κ2) is 6.24. The van der Waals surface area contributed by atoms with E-state index < -0.39 is 10.8 Å². The fourth-order valence-electron chi connectivity index (χ4n) is 5.28. The molecule has 3 aliphatic carbocycles. The molecule has 2 bridgehead atoms. The first kappa shape index (κ1) is 18.1. The molecule has 0 aromatic heterocycles. The zero-order valence-electron chi connectivity index (χ0n) is 15.5. The lowest BCUT2D eigenvalue weighted by Gasteiger charge is -2.39. The molecule has 136 valence electrons. The SMILES string of the molecule is COC(=O)[C@@H]1CCC([S@@](=O)[C@H]2C[C@@H]3CC[C@@]2(C)C3(C)C)=C[C@@H]1OC. The van der Waals surface area contributed by atoms with E-state index >= 15 is 0 Å². The molecule has 4 nitrogen and oxygen atoms in total. The Morgan fingerprint density at radius 2 is 1.96 bits per heavy atom. The monoisotopic (exact) mass is 354 g/mol. The Kier molecular flexibility index (Phi) is 4.71. The summed E-state index contributed by atoms with van der Waals surface area (Å²) < 4.78 is 23.7. The van der Waals surface area contributed by atoms with Crippen molar-refractivity contribution in [1.82, 2.24) is 0 Å². The van der Waals surface area contributed by atoms with Crippen LogP contribution in [-0.2, 0) is 25.1 Å². The number of ether oxygens (including phenoxy) is 2. The minimum atomic E-state index is -0.991. The molecule has 0 amide bonds. The van der Waals surface area contributed by atoms with Gasteiger partial charge in [-0.3, -0.25) is 9.00 Å². The van der Waals surface area contributed by atoms with Crippen LogP contribution in [0.2, 0.25) is 0 Å². The number of rotatable bonds is 4. The second-order valence-corrected chi connectivity index (χ2v) is 10.1. The molecule has 3 rings (SSSR count). The minimum absolute atomic E-state index is 0.144. The third-order valence-corrected chi connectivity index (χ3v) is 9.54. The van der Waals surface area contributed by atoms with Crippen LogP contribution in [0.3, 0.4) is 0 Å². The van der Waals surface area contributed by atoms with Crippen LogP contribution in [0.1, 0.15) is 52.9 Å². The van der Waals surface area contributed by atoms with Gasteiger partial charge in [0.05, 0.1) is 29.9 Å². The summed E-state index contributed by atoms with van der Waals surface area (Å²) in [7, 11) is 2.02. The quantitative estimate of drug-likeness (QED) is 0.726. The van der Waals surface area contributed by atoms with Crippen molar-refractivity contribution in [3.8, 4) is 0 Å². The molecule has 0 aromatic rings. The number of hydrogen-bond acceptors (Lipinski definition) is 4. The summed E-state index contributed by atoms with van der Waals surface area (Å²) in [6.45, 7) is 7.03. The summed E-state index contributed by atoms with van der Waals surface area (Å²) in [6, 6.07) is 0. The highest BCUT2D eigenvalue weighted by Crippen LogP contribution is 2.67. The number of allylic oxidation sites excluding steroid dienone is 1. The lowest BCUT2D eigenvalue weighted by molar-refractivity contribution is -0.149. The van der Waals surface area contributed by atoms with Crippen molar-refractivity contribution in [2.75, 3.05) is 14.2 Å². The molecule has 3 aliphatic rings. The van der Waals surface area contributed by atoms with Crippen LogP contribution in [0.25, 0.3) is 0 Å². The molecular formula is C19H30O4S. The highest BCUT2D eigenvalue weighted by Gasteiger charge is 2.63. The topological polar surface area (TPSA) is 52.6 Å². The molecule has 0 aliphatic heterocycles. The van der Waals surface area contributed by atoms with E-state index in [-0.39, 0.29) is 34.1 Å². The number of fused-ring (bicyclic) bond motifs is 2. The summed E-state index contributed by atoms with van der Waals surface area (Å²) in [5.74, 6) is 0.158. The van der Waals surface area contributed by atoms with Gasteiger partial charge in [-0.15, -0.1) is 0 Å². The lowest BCUT2D eigenvalue weighted by Crippen LogP contribution is -2.39. The Balaban J connectivity index is 1.82. The molecule has 0 heterocycles. The van der Waals surface area contributed by atoms with Gasteiger partial charge in [-0.2, -0.15) is 0 Å². The largest absolute Gasteiger partial charge is 0.469 e. The molecule has 0 radical (unpaired) electrons. The average molecular weight is 355 g/mol. The minimum Gasteiger partial charge on any atom is -0.469 e. The zero-order chi connectivity index (χ0) is 17.7. The molecule has 0 unspecified atom stereocenters. The van der Waals surface area contributed by atoms with Crippen LogP contribution in [-0.4, -0.2) is 35.8 Å². The standard InChI is InChI=1S/C19H30O4S/c1-18(2)12-8-9-19(18,3)16(10-12)24(21)13-6-7-14(17(20)23-5)15(11-13)22-4/h11-12,14-16H,6-10H2,1-5H3/t12-,14+,15-,16-,19+,24+/m0/s1. The molecule has 0 saturated heterocycles. The number of esters is 1. The van der Waals surface area contributed by atoms with Gasteiger partial charge in [0.15, 0.2) is 0 Å². The van der Waals surface area contributed by atoms with Crippen molar-refractivity contribution in [3.63, 3.8) is 0 Å². The number of hydrogen-bond donors (Lipinski definition) is 0. The average Bonchev–Trinajstić information content (AvgIpc) is 2.92. The Bertz CT molecular complexity index is 582. The number of carbonyl (C=O) groups excluding carboxylic acids is 1. The maximum absolute atomic E-state index is 13.4. The Morgan fingerprint density at radius 1 is 1.25 bits per heavy atom. The number of carbonyl (C=O) groups is 1. The first-order valence-corrected chi connectivity index (χ1v) is 10.2. The third kappa shape index (κ3) is 2.50. The second-order valence-electron chi connectivity index (χ2n) is 8.40. The Labute approximate surface area is 147 Å². The summed E-state index contributed by atoms with van der Waals surface area (Å²) in [5.41, 5.74) is 0.406. The van der Waals surface area contributed by atoms with Gasteiger partial charge >= 0.3 is 5.97 Å². The molecule has 0 aromatic carbocycles. The summed E-state index contributed by atoms with van der Waals surface area (Å²) in [6.07, 6.45) is 6.45. The van der Waals surface area contributed by atoms with Crippen LogP contribution in [0.5, 0.6) is 0 Å². The van der Waals surface area contributed by atoms with E-state index in [2.05, 4.69) is 20.8 Å². The summed E-state index contributed by atoms with van der Waals surface area (Å²) >= 11 is 0. The van der Waals surface area contributed by atoms with Crippen LogP contribution in [0.15, 0.2) is 11.0 Å². The predicted octanol–water partition coefficient (Wildman–Crippen LogP) is 3.43. The lowest BCUT2D eigenvalue weighted by atomic mass is 9.71. The molecule has 2 fully saturated rings. The maximum Gasteiger partial charge on any atom is 0.311 e. The molecule has 5 heteroatoms. The van der Waals surface area contributed by atoms with Gasteiger partial charge in [-0.05, 0) is 54.9 Å². The smallest absolute Gasteiger partial charge is 0.311 e. The van der Waals surface area contributed by atoms with E-state index in [0.717, 1.165) is 11.3 Å². The molecule has 2 saturated carbocycles. The van der Waals surface area contributed by atoms with Gasteiger partial charge in [-0.1, -0.05) is 20.8 Å². The maximum atomic E-state index is 13.4. The van der Waals surface area contributed by atoms with Gasteiger partial charge in [-0.25, -0.2) is 0 Å². The molecular weight excluding hydrogens is 324 g/mol. The zero-order valence-corrected chi connectivity index (χ0v) is 16.3. The Hall–Kier alpha value is -0.680. The first-order valence-electron chi connectivity index (χ1n) is 8.98. The van der Waals surface area contributed by atoms with Crippen LogP contribution < -0.4 is 0 Å². The van der Waals surface area contributed by atoms with Crippen molar-refractivity contribution < 1.29 is 18.5 Å².